The highest BCUT2D eigenvalue weighted by Gasteiger charge is 2.24. The third kappa shape index (κ3) is 2.83. The Morgan fingerprint density at radius 3 is 2.76 bits per heavy atom. The summed E-state index contributed by atoms with van der Waals surface area (Å²) >= 11 is 0. The lowest BCUT2D eigenvalue weighted by Crippen LogP contribution is -2.51. The van der Waals surface area contributed by atoms with Gasteiger partial charge in [-0.15, -0.1) is 0 Å². The lowest BCUT2D eigenvalue weighted by atomic mass is 10.0. The highest BCUT2D eigenvalue weighted by molar-refractivity contribution is 6.00. The molecule has 1 aromatic carbocycles. The van der Waals surface area contributed by atoms with Crippen molar-refractivity contribution in [3.8, 4) is 11.1 Å². The Balaban J connectivity index is 1.88. The number of benzene rings is 1. The summed E-state index contributed by atoms with van der Waals surface area (Å²) in [6, 6.07) is 6.49. The molecule has 0 unspecified atom stereocenters. The zero-order valence-corrected chi connectivity index (χ0v) is 11.9. The van der Waals surface area contributed by atoms with Crippen LogP contribution in [0, 0.1) is 5.82 Å². The molecule has 1 aliphatic heterocycles. The monoisotopic (exact) mass is 287 g/mol. The molecule has 21 heavy (non-hydrogen) atoms. The molecule has 0 bridgehead atoms. The number of amides is 1. The summed E-state index contributed by atoms with van der Waals surface area (Å²) in [5, 5.41) is 3.32. The average Bonchev–Trinajstić information content (AvgIpc) is 2.96. The van der Waals surface area contributed by atoms with Crippen molar-refractivity contribution in [2.75, 3.05) is 19.6 Å². The van der Waals surface area contributed by atoms with Crippen molar-refractivity contribution < 1.29 is 9.18 Å². The first-order valence-electron chi connectivity index (χ1n) is 7.10. The molecule has 4 nitrogen and oxygen atoms in total. The van der Waals surface area contributed by atoms with Gasteiger partial charge in [0.2, 0.25) is 0 Å². The molecular formula is C16H18FN3O. The van der Waals surface area contributed by atoms with Crippen LogP contribution in [0.3, 0.4) is 0 Å². The zero-order chi connectivity index (χ0) is 14.8. The molecule has 1 amide bonds. The summed E-state index contributed by atoms with van der Waals surface area (Å²) in [5.41, 5.74) is 2.28. The predicted octanol–water partition coefficient (Wildman–Crippen LogP) is 2.25. The quantitative estimate of drug-likeness (QED) is 0.890. The van der Waals surface area contributed by atoms with E-state index in [1.165, 1.54) is 12.1 Å². The molecule has 0 radical (unpaired) electrons. The van der Waals surface area contributed by atoms with Crippen molar-refractivity contribution >= 4 is 5.91 Å². The van der Waals surface area contributed by atoms with Crippen molar-refractivity contribution in [3.63, 3.8) is 0 Å². The Kier molecular flexibility index (Phi) is 3.75. The molecule has 1 aliphatic rings. The van der Waals surface area contributed by atoms with Gasteiger partial charge in [0, 0.05) is 43.6 Å². The van der Waals surface area contributed by atoms with Crippen LogP contribution in [0.4, 0.5) is 4.39 Å². The van der Waals surface area contributed by atoms with E-state index in [0.717, 1.165) is 17.7 Å². The van der Waals surface area contributed by atoms with Crippen LogP contribution in [0.2, 0.25) is 0 Å². The van der Waals surface area contributed by atoms with Crippen molar-refractivity contribution in [3.05, 3.63) is 48.0 Å². The summed E-state index contributed by atoms with van der Waals surface area (Å²) in [4.78, 5) is 17.5. The number of hydrogen-bond donors (Lipinski definition) is 2. The number of nitrogens with zero attached hydrogens (tertiary/aromatic N) is 1. The SMILES string of the molecule is C[C@H]1CN(C(=O)c2c[nH]cc2-c2ccc(F)cc2)CCN1. The smallest absolute Gasteiger partial charge is 0.256 e. The van der Waals surface area contributed by atoms with E-state index in [9.17, 15) is 9.18 Å². The standard InChI is InChI=1S/C16H18FN3O/c1-11-10-20(7-6-19-11)16(21)15-9-18-8-14(15)12-2-4-13(17)5-3-12/h2-5,8-9,11,18-19H,6-7,10H2,1H3/t11-/m0/s1. The van der Waals surface area contributed by atoms with Crippen LogP contribution in [0.1, 0.15) is 17.3 Å². The van der Waals surface area contributed by atoms with Gasteiger partial charge in [0.25, 0.3) is 5.91 Å². The van der Waals surface area contributed by atoms with E-state index in [4.69, 9.17) is 0 Å². The zero-order valence-electron chi connectivity index (χ0n) is 11.9. The minimum Gasteiger partial charge on any atom is -0.366 e. The molecular weight excluding hydrogens is 269 g/mol. The molecule has 5 heteroatoms. The van der Waals surface area contributed by atoms with Crippen LogP contribution in [0.25, 0.3) is 11.1 Å². The number of hydrogen-bond acceptors (Lipinski definition) is 2. The fourth-order valence-corrected chi connectivity index (χ4v) is 2.70. The van der Waals surface area contributed by atoms with Gasteiger partial charge < -0.3 is 15.2 Å². The van der Waals surface area contributed by atoms with Crippen molar-refractivity contribution in [2.45, 2.75) is 13.0 Å². The van der Waals surface area contributed by atoms with E-state index in [-0.39, 0.29) is 11.7 Å². The van der Waals surface area contributed by atoms with Crippen LogP contribution < -0.4 is 5.32 Å². The van der Waals surface area contributed by atoms with E-state index in [1.54, 1.807) is 24.5 Å². The molecule has 1 aromatic heterocycles. The van der Waals surface area contributed by atoms with Gasteiger partial charge in [-0.05, 0) is 24.6 Å². The minimum absolute atomic E-state index is 0.0175. The number of carbonyl (C=O) groups is 1. The van der Waals surface area contributed by atoms with Gasteiger partial charge in [0.05, 0.1) is 5.56 Å². The fourth-order valence-electron chi connectivity index (χ4n) is 2.70. The summed E-state index contributed by atoms with van der Waals surface area (Å²) in [6.07, 6.45) is 3.50. The number of aromatic amines is 1. The molecule has 1 saturated heterocycles. The first-order valence-corrected chi connectivity index (χ1v) is 7.10. The maximum Gasteiger partial charge on any atom is 0.256 e. The third-order valence-corrected chi connectivity index (χ3v) is 3.79. The number of piperazine rings is 1. The molecule has 2 heterocycles. The van der Waals surface area contributed by atoms with Crippen LogP contribution in [0.15, 0.2) is 36.7 Å². The maximum atomic E-state index is 13.0. The molecule has 1 atom stereocenters. The van der Waals surface area contributed by atoms with Crippen LogP contribution >= 0.6 is 0 Å². The molecule has 2 N–H and O–H groups in total. The predicted molar refractivity (Wildman–Crippen MR) is 79.6 cm³/mol. The first-order chi connectivity index (χ1) is 10.1. The number of rotatable bonds is 2. The number of carbonyl (C=O) groups excluding carboxylic acids is 1. The van der Waals surface area contributed by atoms with Gasteiger partial charge >= 0.3 is 0 Å². The normalized spacial score (nSPS) is 18.8. The van der Waals surface area contributed by atoms with Crippen molar-refractivity contribution in [2.24, 2.45) is 0 Å². The molecule has 1 fully saturated rings. The minimum atomic E-state index is -0.280. The molecule has 0 spiro atoms. The second-order valence-electron chi connectivity index (χ2n) is 5.40. The van der Waals surface area contributed by atoms with Crippen molar-refractivity contribution in [1.29, 1.82) is 0 Å². The van der Waals surface area contributed by atoms with E-state index in [2.05, 4.69) is 17.2 Å². The third-order valence-electron chi connectivity index (χ3n) is 3.79. The highest BCUT2D eigenvalue weighted by atomic mass is 19.1. The average molecular weight is 287 g/mol. The van der Waals surface area contributed by atoms with Gasteiger partial charge in [-0.25, -0.2) is 4.39 Å². The molecule has 0 saturated carbocycles. The Morgan fingerprint density at radius 2 is 2.05 bits per heavy atom. The van der Waals surface area contributed by atoms with E-state index >= 15 is 0 Å². The summed E-state index contributed by atoms with van der Waals surface area (Å²) in [7, 11) is 0. The Morgan fingerprint density at radius 1 is 1.29 bits per heavy atom. The molecule has 0 aliphatic carbocycles. The molecule has 3 rings (SSSR count). The number of halogens is 1. The Bertz CT molecular complexity index is 635. The number of nitrogens with one attached hydrogen (secondary N) is 2. The first kappa shape index (κ1) is 13.8. The van der Waals surface area contributed by atoms with Crippen LogP contribution in [-0.4, -0.2) is 41.5 Å². The van der Waals surface area contributed by atoms with Gasteiger partial charge in [0.1, 0.15) is 5.82 Å². The number of H-pyrrole nitrogens is 1. The Labute approximate surface area is 123 Å². The molecule has 2 aromatic rings. The van der Waals surface area contributed by atoms with Crippen LogP contribution in [0.5, 0.6) is 0 Å². The summed E-state index contributed by atoms with van der Waals surface area (Å²) in [6.45, 7) is 4.28. The van der Waals surface area contributed by atoms with Gasteiger partial charge in [-0.2, -0.15) is 0 Å². The van der Waals surface area contributed by atoms with Gasteiger partial charge in [-0.3, -0.25) is 4.79 Å². The Hall–Kier alpha value is -2.14. The van der Waals surface area contributed by atoms with Crippen LogP contribution in [-0.2, 0) is 0 Å². The number of aromatic nitrogens is 1. The largest absolute Gasteiger partial charge is 0.366 e. The van der Waals surface area contributed by atoms with Crippen molar-refractivity contribution in [1.82, 2.24) is 15.2 Å². The summed E-state index contributed by atoms with van der Waals surface area (Å²) < 4.78 is 13.0. The second kappa shape index (κ2) is 5.69. The summed E-state index contributed by atoms with van der Waals surface area (Å²) in [5.74, 6) is -0.262. The second-order valence-corrected chi connectivity index (χ2v) is 5.40. The fraction of sp³-hybridized carbons (Fsp3) is 0.312. The van der Waals surface area contributed by atoms with E-state index < -0.39 is 0 Å². The van der Waals surface area contributed by atoms with E-state index in [1.807, 2.05) is 4.90 Å². The lowest BCUT2D eigenvalue weighted by molar-refractivity contribution is 0.0710. The van der Waals surface area contributed by atoms with Gasteiger partial charge in [-0.1, -0.05) is 12.1 Å². The maximum absolute atomic E-state index is 13.0. The van der Waals surface area contributed by atoms with E-state index in [0.29, 0.717) is 24.7 Å². The highest BCUT2D eigenvalue weighted by Crippen LogP contribution is 2.25. The molecule has 110 valence electrons. The topological polar surface area (TPSA) is 48.1 Å². The van der Waals surface area contributed by atoms with Gasteiger partial charge in [0.15, 0.2) is 0 Å². The lowest BCUT2D eigenvalue weighted by Gasteiger charge is -2.32.